The molecule has 2 aromatic carbocycles. The van der Waals surface area contributed by atoms with E-state index in [9.17, 15) is 26.0 Å². The van der Waals surface area contributed by atoms with Crippen molar-refractivity contribution in [1.82, 2.24) is 14.7 Å². The molecule has 11 heteroatoms. The second-order valence-electron chi connectivity index (χ2n) is 7.25. The molecule has 1 heterocycles. The lowest BCUT2D eigenvalue weighted by Crippen LogP contribution is -2.54. The zero-order valence-corrected chi connectivity index (χ0v) is 17.2. The van der Waals surface area contributed by atoms with E-state index in [4.69, 9.17) is 5.73 Å². The van der Waals surface area contributed by atoms with Crippen LogP contribution in [0, 0.1) is 5.82 Å². The highest BCUT2D eigenvalue weighted by molar-refractivity contribution is 7.89. The maximum atomic E-state index is 14.8. The van der Waals surface area contributed by atoms with E-state index in [2.05, 4.69) is 9.97 Å². The van der Waals surface area contributed by atoms with Gasteiger partial charge in [-0.3, -0.25) is 0 Å². The summed E-state index contributed by atoms with van der Waals surface area (Å²) in [4.78, 5) is 7.19. The Kier molecular flexibility index (Phi) is 5.76. The van der Waals surface area contributed by atoms with Crippen LogP contribution in [0.4, 0.5) is 23.5 Å². The van der Waals surface area contributed by atoms with Gasteiger partial charge in [-0.1, -0.05) is 30.3 Å². The molecule has 0 amide bonds. The first-order valence-corrected chi connectivity index (χ1v) is 10.4. The van der Waals surface area contributed by atoms with Crippen LogP contribution < -0.4 is 10.5 Å². The second-order valence-corrected chi connectivity index (χ2v) is 8.90. The number of benzene rings is 2. The zero-order valence-electron chi connectivity index (χ0n) is 16.4. The summed E-state index contributed by atoms with van der Waals surface area (Å²) in [5.74, 6) is -0.671. The molecule has 0 saturated carbocycles. The number of sulfonamides is 1. The van der Waals surface area contributed by atoms with Crippen LogP contribution in [-0.2, 0) is 10.0 Å². The van der Waals surface area contributed by atoms with Gasteiger partial charge in [0.25, 0.3) is 0 Å². The molecular formula is C20H18F4N4O2S. The third-order valence-corrected chi connectivity index (χ3v) is 6.25. The summed E-state index contributed by atoms with van der Waals surface area (Å²) in [6.07, 6.45) is -2.14. The fourth-order valence-corrected chi connectivity index (χ4v) is 4.41. The molecule has 0 unspecified atom stereocenters. The third-order valence-electron chi connectivity index (χ3n) is 4.54. The van der Waals surface area contributed by atoms with E-state index in [1.165, 1.54) is 42.7 Å². The molecule has 0 atom stereocenters. The molecule has 3 N–H and O–H groups in total. The van der Waals surface area contributed by atoms with Crippen LogP contribution in [0.15, 0.2) is 59.8 Å². The maximum Gasteiger partial charge on any atom is 0.407 e. The van der Waals surface area contributed by atoms with Gasteiger partial charge in [-0.15, -0.1) is 0 Å². The first-order chi connectivity index (χ1) is 14.3. The average molecular weight is 454 g/mol. The topological polar surface area (TPSA) is 98.0 Å². The molecule has 164 valence electrons. The first-order valence-electron chi connectivity index (χ1n) is 8.89. The number of anilines is 1. The predicted octanol–water partition coefficient (Wildman–Crippen LogP) is 4.15. The molecule has 0 aliphatic carbocycles. The van der Waals surface area contributed by atoms with Crippen LogP contribution in [-0.4, -0.2) is 30.1 Å². The summed E-state index contributed by atoms with van der Waals surface area (Å²) >= 11 is 0. The minimum atomic E-state index is -4.82. The molecule has 6 nitrogen and oxygen atoms in total. The maximum absolute atomic E-state index is 14.8. The Hall–Kier alpha value is -3.05. The molecule has 0 aliphatic rings. The van der Waals surface area contributed by atoms with Crippen molar-refractivity contribution in [2.45, 2.75) is 30.5 Å². The Labute approximate surface area is 176 Å². The Morgan fingerprint density at radius 1 is 0.935 bits per heavy atom. The summed E-state index contributed by atoms with van der Waals surface area (Å²) in [5.41, 5.74) is 3.44. The van der Waals surface area contributed by atoms with Gasteiger partial charge < -0.3 is 5.73 Å². The van der Waals surface area contributed by atoms with Gasteiger partial charge in [0, 0.05) is 29.1 Å². The lowest BCUT2D eigenvalue weighted by atomic mass is 10.0. The van der Waals surface area contributed by atoms with E-state index in [1.807, 2.05) is 0 Å². The molecule has 0 aliphatic heterocycles. The number of rotatable bonds is 5. The zero-order chi connectivity index (χ0) is 23.0. The predicted molar refractivity (Wildman–Crippen MR) is 108 cm³/mol. The largest absolute Gasteiger partial charge is 0.407 e. The number of nitrogens with one attached hydrogen (secondary N) is 1. The summed E-state index contributed by atoms with van der Waals surface area (Å²) in [5, 5.41) is 0. The Bertz CT molecular complexity index is 1210. The summed E-state index contributed by atoms with van der Waals surface area (Å²) in [7, 11) is -4.59. The summed E-state index contributed by atoms with van der Waals surface area (Å²) in [6.45, 7) is 1.44. The fraction of sp³-hybridized carbons (Fsp3) is 0.200. The van der Waals surface area contributed by atoms with Crippen LogP contribution in [0.2, 0.25) is 0 Å². The molecule has 3 rings (SSSR count). The van der Waals surface area contributed by atoms with E-state index in [0.29, 0.717) is 5.56 Å². The van der Waals surface area contributed by atoms with Crippen LogP contribution in [0.1, 0.15) is 13.8 Å². The molecule has 0 saturated heterocycles. The number of nitrogens with zero attached hydrogens (tertiary/aromatic N) is 2. The monoisotopic (exact) mass is 454 g/mol. The van der Waals surface area contributed by atoms with Gasteiger partial charge in [-0.25, -0.2) is 22.8 Å². The SMILES string of the molecule is CC(C)(NS(=O)(=O)c1ccccc1-c1ccc(-c2cnc(N)nc2)c(F)c1)C(F)(F)F. The molecular weight excluding hydrogens is 436 g/mol. The van der Waals surface area contributed by atoms with Crippen molar-refractivity contribution in [2.75, 3.05) is 5.73 Å². The van der Waals surface area contributed by atoms with Crippen molar-refractivity contribution in [3.63, 3.8) is 0 Å². The number of nitrogen functional groups attached to an aromatic ring is 1. The molecule has 0 fully saturated rings. The van der Waals surface area contributed by atoms with E-state index < -0.39 is 32.5 Å². The van der Waals surface area contributed by atoms with Crippen LogP contribution >= 0.6 is 0 Å². The van der Waals surface area contributed by atoms with Gasteiger partial charge in [-0.05, 0) is 31.5 Å². The highest BCUT2D eigenvalue weighted by atomic mass is 32.2. The lowest BCUT2D eigenvalue weighted by Gasteiger charge is -2.29. The minimum absolute atomic E-state index is 0.0224. The summed E-state index contributed by atoms with van der Waals surface area (Å²) in [6, 6.07) is 9.36. The Morgan fingerprint density at radius 2 is 1.55 bits per heavy atom. The van der Waals surface area contributed by atoms with Crippen LogP contribution in [0.3, 0.4) is 0 Å². The average Bonchev–Trinajstić information content (AvgIpc) is 2.67. The second kappa shape index (κ2) is 7.89. The molecule has 0 bridgehead atoms. The van der Waals surface area contributed by atoms with Crippen molar-refractivity contribution < 1.29 is 26.0 Å². The smallest absolute Gasteiger partial charge is 0.368 e. The van der Waals surface area contributed by atoms with E-state index in [0.717, 1.165) is 26.0 Å². The van der Waals surface area contributed by atoms with Gasteiger partial charge >= 0.3 is 6.18 Å². The molecule has 0 radical (unpaired) electrons. The van der Waals surface area contributed by atoms with Crippen LogP contribution in [0.25, 0.3) is 22.3 Å². The Morgan fingerprint density at radius 3 is 2.13 bits per heavy atom. The number of aromatic nitrogens is 2. The number of hydrogen-bond donors (Lipinski definition) is 2. The van der Waals surface area contributed by atoms with Gasteiger partial charge in [0.1, 0.15) is 11.4 Å². The van der Waals surface area contributed by atoms with E-state index in [1.54, 1.807) is 4.72 Å². The fourth-order valence-electron chi connectivity index (χ4n) is 2.78. The van der Waals surface area contributed by atoms with Crippen LogP contribution in [0.5, 0.6) is 0 Å². The first kappa shape index (κ1) is 22.6. The number of alkyl halides is 3. The minimum Gasteiger partial charge on any atom is -0.368 e. The van der Waals surface area contributed by atoms with Gasteiger partial charge in [0.15, 0.2) is 0 Å². The highest BCUT2D eigenvalue weighted by Gasteiger charge is 2.50. The molecule has 31 heavy (non-hydrogen) atoms. The quantitative estimate of drug-likeness (QED) is 0.565. The normalized spacial score (nSPS) is 12.7. The number of hydrogen-bond acceptors (Lipinski definition) is 5. The number of halogens is 4. The standard InChI is InChI=1S/C20H18F4N4O2S/c1-19(2,20(22,23)24)28-31(29,30)17-6-4-3-5-15(17)12-7-8-14(16(21)9-12)13-10-26-18(25)27-11-13/h3-11,28H,1-2H3,(H2,25,26,27). The molecule has 3 aromatic rings. The van der Waals surface area contributed by atoms with Crippen molar-refractivity contribution in [1.29, 1.82) is 0 Å². The van der Waals surface area contributed by atoms with Gasteiger partial charge in [0.2, 0.25) is 16.0 Å². The third kappa shape index (κ3) is 4.67. The van der Waals surface area contributed by atoms with Gasteiger partial charge in [-0.2, -0.15) is 17.9 Å². The van der Waals surface area contributed by atoms with E-state index in [-0.39, 0.29) is 22.6 Å². The molecule has 1 aromatic heterocycles. The van der Waals surface area contributed by atoms with Crippen molar-refractivity contribution in [3.05, 3.63) is 60.7 Å². The molecule has 0 spiro atoms. The lowest BCUT2D eigenvalue weighted by molar-refractivity contribution is -0.180. The van der Waals surface area contributed by atoms with Crippen molar-refractivity contribution in [3.8, 4) is 22.3 Å². The van der Waals surface area contributed by atoms with Crippen molar-refractivity contribution >= 4 is 16.0 Å². The summed E-state index contributed by atoms with van der Waals surface area (Å²) < 4.78 is 81.6. The Balaban J connectivity index is 2.04. The van der Waals surface area contributed by atoms with Crippen molar-refractivity contribution in [2.24, 2.45) is 0 Å². The number of nitrogens with two attached hydrogens (primary N) is 1. The highest BCUT2D eigenvalue weighted by Crippen LogP contribution is 2.34. The van der Waals surface area contributed by atoms with Gasteiger partial charge in [0.05, 0.1) is 4.90 Å². The van der Waals surface area contributed by atoms with E-state index >= 15 is 0 Å².